The van der Waals surface area contributed by atoms with Crippen molar-refractivity contribution in [2.75, 3.05) is 0 Å². The van der Waals surface area contributed by atoms with Gasteiger partial charge in [-0.05, 0) is 13.0 Å². The molecule has 0 aliphatic carbocycles. The van der Waals surface area contributed by atoms with E-state index in [1.807, 2.05) is 0 Å². The highest BCUT2D eigenvalue weighted by atomic mass is 35.5. The first-order valence-corrected chi connectivity index (χ1v) is 6.47. The van der Waals surface area contributed by atoms with E-state index in [1.54, 1.807) is 22.9 Å². The van der Waals surface area contributed by atoms with E-state index in [9.17, 15) is 9.59 Å². The maximum Gasteiger partial charge on any atom is 0.325 e. The molecule has 0 aliphatic rings. The molecule has 2 heterocycles. The number of carbonyl (C=O) groups is 2. The number of carboxylic acids is 1. The number of nitrogens with one attached hydrogen (secondary N) is 1. The molecule has 0 spiro atoms. The molecule has 1 amide bonds. The number of imidazole rings is 1. The van der Waals surface area contributed by atoms with Crippen LogP contribution < -0.4 is 5.32 Å². The zero-order valence-corrected chi connectivity index (χ0v) is 11.9. The van der Waals surface area contributed by atoms with E-state index >= 15 is 0 Å². The fraction of sp³-hybridized carbons (Fsp3) is 0.250. The van der Waals surface area contributed by atoms with Crippen molar-refractivity contribution >= 4 is 40.7 Å². The molecule has 0 bridgehead atoms. The molecule has 2 N–H and O–H groups in total. The van der Waals surface area contributed by atoms with Crippen LogP contribution in [0.5, 0.6) is 0 Å². The number of carbonyl (C=O) groups excluding carboxylic acids is 1. The van der Waals surface area contributed by atoms with Gasteiger partial charge in [-0.2, -0.15) is 0 Å². The van der Waals surface area contributed by atoms with E-state index in [0.717, 1.165) is 0 Å². The van der Waals surface area contributed by atoms with Gasteiger partial charge in [0.05, 0.1) is 22.2 Å². The Balaban J connectivity index is 2.16. The molecule has 20 heavy (non-hydrogen) atoms. The summed E-state index contributed by atoms with van der Waals surface area (Å²) < 4.78 is 1.62. The van der Waals surface area contributed by atoms with Gasteiger partial charge in [-0.25, -0.2) is 4.98 Å². The lowest BCUT2D eigenvalue weighted by Crippen LogP contribution is -2.39. The molecule has 106 valence electrons. The maximum absolute atomic E-state index is 11.7. The molecule has 2 aromatic rings. The van der Waals surface area contributed by atoms with Gasteiger partial charge in [0.25, 0.3) is 0 Å². The SMILES string of the molecule is CC(NC(=O)Cc1cn2cc(Cl)cc(Cl)c2n1)C(=O)O. The van der Waals surface area contributed by atoms with Crippen LogP contribution in [0.2, 0.25) is 10.0 Å². The first-order chi connectivity index (χ1) is 9.36. The van der Waals surface area contributed by atoms with Gasteiger partial charge < -0.3 is 14.8 Å². The van der Waals surface area contributed by atoms with Crippen LogP contribution in [-0.2, 0) is 16.0 Å². The maximum atomic E-state index is 11.7. The van der Waals surface area contributed by atoms with Crippen molar-refractivity contribution in [2.45, 2.75) is 19.4 Å². The van der Waals surface area contributed by atoms with Crippen molar-refractivity contribution < 1.29 is 14.7 Å². The highest BCUT2D eigenvalue weighted by Gasteiger charge is 2.15. The standard InChI is InChI=1S/C12H11Cl2N3O3/c1-6(12(19)20)15-10(18)3-8-5-17-4-7(13)2-9(14)11(17)16-8/h2,4-6H,3H2,1H3,(H,15,18)(H,19,20). The third-order valence-corrected chi connectivity index (χ3v) is 3.10. The average molecular weight is 316 g/mol. The summed E-state index contributed by atoms with van der Waals surface area (Å²) in [6, 6.07) is 0.611. The Morgan fingerprint density at radius 1 is 1.45 bits per heavy atom. The Kier molecular flexibility index (Phi) is 4.15. The largest absolute Gasteiger partial charge is 0.480 e. The molecule has 2 rings (SSSR count). The molecule has 1 atom stereocenters. The Morgan fingerprint density at radius 2 is 2.15 bits per heavy atom. The van der Waals surface area contributed by atoms with Crippen molar-refractivity contribution in [3.63, 3.8) is 0 Å². The van der Waals surface area contributed by atoms with E-state index in [-0.39, 0.29) is 6.42 Å². The van der Waals surface area contributed by atoms with Crippen LogP contribution in [0.1, 0.15) is 12.6 Å². The normalized spacial score (nSPS) is 12.3. The monoisotopic (exact) mass is 315 g/mol. The third kappa shape index (κ3) is 3.20. The number of aliphatic carboxylic acids is 1. The smallest absolute Gasteiger partial charge is 0.325 e. The molecule has 2 aromatic heterocycles. The lowest BCUT2D eigenvalue weighted by Gasteiger charge is -2.07. The topological polar surface area (TPSA) is 83.7 Å². The Morgan fingerprint density at radius 3 is 2.80 bits per heavy atom. The van der Waals surface area contributed by atoms with Gasteiger partial charge in [0, 0.05) is 12.4 Å². The van der Waals surface area contributed by atoms with E-state index in [4.69, 9.17) is 28.3 Å². The van der Waals surface area contributed by atoms with Crippen molar-refractivity contribution in [1.29, 1.82) is 0 Å². The Bertz CT molecular complexity index is 684. The minimum atomic E-state index is -1.09. The lowest BCUT2D eigenvalue weighted by atomic mass is 10.3. The second-order valence-corrected chi connectivity index (χ2v) is 5.12. The zero-order valence-electron chi connectivity index (χ0n) is 10.4. The minimum Gasteiger partial charge on any atom is -0.480 e. The van der Waals surface area contributed by atoms with E-state index in [2.05, 4.69) is 10.3 Å². The number of amides is 1. The zero-order chi connectivity index (χ0) is 14.9. The molecule has 0 saturated carbocycles. The van der Waals surface area contributed by atoms with Gasteiger partial charge in [-0.3, -0.25) is 9.59 Å². The van der Waals surface area contributed by atoms with Crippen LogP contribution in [0.4, 0.5) is 0 Å². The van der Waals surface area contributed by atoms with E-state index in [1.165, 1.54) is 6.92 Å². The van der Waals surface area contributed by atoms with Crippen molar-refractivity contribution in [3.8, 4) is 0 Å². The highest BCUT2D eigenvalue weighted by Crippen LogP contribution is 2.21. The molecular formula is C12H11Cl2N3O3. The fourth-order valence-electron chi connectivity index (χ4n) is 1.68. The second-order valence-electron chi connectivity index (χ2n) is 4.27. The summed E-state index contributed by atoms with van der Waals surface area (Å²) in [4.78, 5) is 26.5. The number of nitrogens with zero attached hydrogens (tertiary/aromatic N) is 2. The van der Waals surface area contributed by atoms with Crippen LogP contribution in [-0.4, -0.2) is 32.4 Å². The number of halogens is 2. The van der Waals surface area contributed by atoms with Crippen LogP contribution in [0.3, 0.4) is 0 Å². The van der Waals surface area contributed by atoms with E-state index < -0.39 is 17.9 Å². The van der Waals surface area contributed by atoms with Crippen molar-refractivity contribution in [3.05, 3.63) is 34.2 Å². The van der Waals surface area contributed by atoms with Crippen LogP contribution in [0, 0.1) is 0 Å². The molecule has 0 aliphatic heterocycles. The summed E-state index contributed by atoms with van der Waals surface area (Å²) >= 11 is 11.9. The van der Waals surface area contributed by atoms with Crippen molar-refractivity contribution in [1.82, 2.24) is 14.7 Å². The molecule has 6 nitrogen and oxygen atoms in total. The second kappa shape index (κ2) is 5.68. The minimum absolute atomic E-state index is 0.0345. The summed E-state index contributed by atoms with van der Waals surface area (Å²) in [6.07, 6.45) is 3.21. The molecule has 1 unspecified atom stereocenters. The van der Waals surface area contributed by atoms with Crippen molar-refractivity contribution in [2.24, 2.45) is 0 Å². The fourth-order valence-corrected chi connectivity index (χ4v) is 2.21. The predicted molar refractivity (Wildman–Crippen MR) is 74.2 cm³/mol. The molecule has 0 fully saturated rings. The van der Waals surface area contributed by atoms with Gasteiger partial charge >= 0.3 is 5.97 Å². The number of fused-ring (bicyclic) bond motifs is 1. The summed E-state index contributed by atoms with van der Waals surface area (Å²) in [5, 5.41) is 11.9. The van der Waals surface area contributed by atoms with Crippen LogP contribution in [0.15, 0.2) is 18.5 Å². The lowest BCUT2D eigenvalue weighted by molar-refractivity contribution is -0.141. The van der Waals surface area contributed by atoms with Crippen LogP contribution >= 0.6 is 23.2 Å². The number of rotatable bonds is 4. The quantitative estimate of drug-likeness (QED) is 0.900. The van der Waals surface area contributed by atoms with Gasteiger partial charge in [0.1, 0.15) is 6.04 Å². The van der Waals surface area contributed by atoms with E-state index in [0.29, 0.717) is 21.4 Å². The Hall–Kier alpha value is -1.79. The van der Waals surface area contributed by atoms with Gasteiger partial charge in [-0.15, -0.1) is 0 Å². The first-order valence-electron chi connectivity index (χ1n) is 5.71. The average Bonchev–Trinajstić information content (AvgIpc) is 2.71. The molecule has 0 aromatic carbocycles. The summed E-state index contributed by atoms with van der Waals surface area (Å²) in [5.41, 5.74) is 0.967. The summed E-state index contributed by atoms with van der Waals surface area (Å²) in [6.45, 7) is 1.39. The number of hydrogen-bond donors (Lipinski definition) is 2. The van der Waals surface area contributed by atoms with Gasteiger partial charge in [0.15, 0.2) is 5.65 Å². The number of hydrogen-bond acceptors (Lipinski definition) is 3. The van der Waals surface area contributed by atoms with Gasteiger partial charge in [0.2, 0.25) is 5.91 Å². The summed E-state index contributed by atoms with van der Waals surface area (Å²) in [7, 11) is 0. The first kappa shape index (κ1) is 14.6. The highest BCUT2D eigenvalue weighted by molar-refractivity contribution is 6.36. The molecule has 0 radical (unpaired) electrons. The number of pyridine rings is 1. The molecule has 8 heteroatoms. The number of aromatic nitrogens is 2. The Labute approximate surface area is 124 Å². The predicted octanol–water partition coefficient (Wildman–Crippen LogP) is 1.77. The van der Waals surface area contributed by atoms with Gasteiger partial charge in [-0.1, -0.05) is 23.2 Å². The summed E-state index contributed by atoms with van der Waals surface area (Å²) in [5.74, 6) is -1.52. The number of carboxylic acid groups (broad SMARTS) is 1. The van der Waals surface area contributed by atoms with Crippen LogP contribution in [0.25, 0.3) is 5.65 Å². The third-order valence-electron chi connectivity index (χ3n) is 2.61. The molecule has 0 saturated heterocycles. The molecular weight excluding hydrogens is 305 g/mol.